The van der Waals surface area contributed by atoms with E-state index >= 15 is 0 Å². The number of esters is 1. The zero-order valence-electron chi connectivity index (χ0n) is 10.6. The standard InChI is InChI=1S/C13H16N2O4/c1-19-12(17)10-4-2-3-5-11(10)14-13(18)15-7-6-9(16)8-15/h2-5,9,16H,6-8H2,1H3,(H,14,18)/t9-/m1/s1. The predicted octanol–water partition coefficient (Wildman–Crippen LogP) is 1.07. The highest BCUT2D eigenvalue weighted by Gasteiger charge is 2.25. The van der Waals surface area contributed by atoms with Crippen LogP contribution in [-0.2, 0) is 4.74 Å². The predicted molar refractivity (Wildman–Crippen MR) is 69.0 cm³/mol. The molecule has 2 N–H and O–H groups in total. The number of para-hydroxylation sites is 1. The number of rotatable bonds is 2. The van der Waals surface area contributed by atoms with E-state index in [0.717, 1.165) is 0 Å². The molecule has 1 saturated heterocycles. The number of likely N-dealkylation sites (tertiary alicyclic amines) is 1. The topological polar surface area (TPSA) is 78.9 Å². The van der Waals surface area contributed by atoms with Crippen LogP contribution in [0.4, 0.5) is 10.5 Å². The molecule has 1 fully saturated rings. The minimum atomic E-state index is -0.502. The number of anilines is 1. The maximum Gasteiger partial charge on any atom is 0.339 e. The van der Waals surface area contributed by atoms with E-state index in [-0.39, 0.29) is 6.03 Å². The van der Waals surface area contributed by atoms with Crippen LogP contribution >= 0.6 is 0 Å². The van der Waals surface area contributed by atoms with Crippen molar-refractivity contribution in [3.05, 3.63) is 29.8 Å². The normalized spacial score (nSPS) is 18.2. The minimum Gasteiger partial charge on any atom is -0.465 e. The van der Waals surface area contributed by atoms with E-state index < -0.39 is 12.1 Å². The van der Waals surface area contributed by atoms with Crippen molar-refractivity contribution in [3.8, 4) is 0 Å². The van der Waals surface area contributed by atoms with E-state index in [1.165, 1.54) is 12.0 Å². The number of amides is 2. The number of benzene rings is 1. The summed E-state index contributed by atoms with van der Waals surface area (Å²) in [5.74, 6) is -0.502. The summed E-state index contributed by atoms with van der Waals surface area (Å²) in [5.41, 5.74) is 0.707. The van der Waals surface area contributed by atoms with Gasteiger partial charge in [0.2, 0.25) is 0 Å². The molecule has 0 radical (unpaired) electrons. The quantitative estimate of drug-likeness (QED) is 0.783. The monoisotopic (exact) mass is 264 g/mol. The number of nitrogens with zero attached hydrogens (tertiary/aromatic N) is 1. The van der Waals surface area contributed by atoms with Crippen LogP contribution in [-0.4, -0.2) is 48.3 Å². The zero-order valence-corrected chi connectivity index (χ0v) is 10.6. The molecule has 1 atom stereocenters. The van der Waals surface area contributed by atoms with Crippen LogP contribution in [0.3, 0.4) is 0 Å². The Kier molecular flexibility index (Phi) is 4.01. The number of ether oxygens (including phenoxy) is 1. The molecule has 1 aliphatic heterocycles. The van der Waals surface area contributed by atoms with Crippen LogP contribution in [0, 0.1) is 0 Å². The van der Waals surface area contributed by atoms with Crippen LogP contribution in [0.1, 0.15) is 16.8 Å². The summed E-state index contributed by atoms with van der Waals surface area (Å²) in [4.78, 5) is 25.0. The molecule has 1 heterocycles. The van der Waals surface area contributed by atoms with Crippen LogP contribution in [0.5, 0.6) is 0 Å². The number of carbonyl (C=O) groups excluding carboxylic acids is 2. The van der Waals surface area contributed by atoms with Gasteiger partial charge in [0.1, 0.15) is 0 Å². The molecule has 19 heavy (non-hydrogen) atoms. The molecule has 6 nitrogen and oxygen atoms in total. The van der Waals surface area contributed by atoms with Gasteiger partial charge in [0, 0.05) is 13.1 Å². The Labute approximate surface area is 111 Å². The Morgan fingerprint density at radius 3 is 2.79 bits per heavy atom. The number of urea groups is 1. The molecule has 0 aromatic heterocycles. The number of carbonyl (C=O) groups is 2. The Hall–Kier alpha value is -2.08. The average molecular weight is 264 g/mol. The second-order valence-corrected chi connectivity index (χ2v) is 4.36. The lowest BCUT2D eigenvalue weighted by molar-refractivity contribution is 0.0602. The van der Waals surface area contributed by atoms with Gasteiger partial charge in [0.05, 0.1) is 24.5 Å². The molecular weight excluding hydrogens is 248 g/mol. The van der Waals surface area contributed by atoms with Crippen molar-refractivity contribution < 1.29 is 19.4 Å². The molecule has 2 amide bonds. The van der Waals surface area contributed by atoms with E-state index in [0.29, 0.717) is 30.8 Å². The maximum atomic E-state index is 12.0. The average Bonchev–Trinajstić information content (AvgIpc) is 2.85. The summed E-state index contributed by atoms with van der Waals surface area (Å²) in [6, 6.07) is 6.31. The van der Waals surface area contributed by atoms with Gasteiger partial charge in [-0.25, -0.2) is 9.59 Å². The Morgan fingerprint density at radius 1 is 1.42 bits per heavy atom. The fraction of sp³-hybridized carbons (Fsp3) is 0.385. The van der Waals surface area contributed by atoms with Crippen molar-refractivity contribution in [2.24, 2.45) is 0 Å². The van der Waals surface area contributed by atoms with Crippen LogP contribution in [0.15, 0.2) is 24.3 Å². The number of hydrogen-bond acceptors (Lipinski definition) is 4. The molecule has 1 aromatic carbocycles. The summed E-state index contributed by atoms with van der Waals surface area (Å²) in [6.45, 7) is 0.819. The molecule has 2 rings (SSSR count). The van der Waals surface area contributed by atoms with Crippen molar-refractivity contribution in [1.82, 2.24) is 4.90 Å². The summed E-state index contributed by atoms with van der Waals surface area (Å²) in [7, 11) is 1.29. The molecule has 0 unspecified atom stereocenters. The van der Waals surface area contributed by atoms with Gasteiger partial charge in [-0.2, -0.15) is 0 Å². The number of nitrogens with one attached hydrogen (secondary N) is 1. The number of aliphatic hydroxyl groups is 1. The third-order valence-corrected chi connectivity index (χ3v) is 3.02. The number of β-amino-alcohol motifs (C(OH)–C–C–N with tert-alkyl or cyclic N) is 1. The smallest absolute Gasteiger partial charge is 0.339 e. The van der Waals surface area contributed by atoms with Gasteiger partial charge in [-0.1, -0.05) is 12.1 Å². The summed E-state index contributed by atoms with van der Waals surface area (Å²) in [5, 5.41) is 12.1. The van der Waals surface area contributed by atoms with E-state index in [2.05, 4.69) is 10.1 Å². The Balaban J connectivity index is 2.10. The lowest BCUT2D eigenvalue weighted by Crippen LogP contribution is -2.34. The van der Waals surface area contributed by atoms with Gasteiger partial charge >= 0.3 is 12.0 Å². The van der Waals surface area contributed by atoms with Crippen molar-refractivity contribution in [1.29, 1.82) is 0 Å². The van der Waals surface area contributed by atoms with Gasteiger partial charge < -0.3 is 20.1 Å². The molecule has 1 aliphatic rings. The first-order chi connectivity index (χ1) is 9.11. The van der Waals surface area contributed by atoms with E-state index in [9.17, 15) is 14.7 Å². The lowest BCUT2D eigenvalue weighted by Gasteiger charge is -2.17. The highest BCUT2D eigenvalue weighted by Crippen LogP contribution is 2.18. The molecule has 1 aromatic rings. The lowest BCUT2D eigenvalue weighted by atomic mass is 10.2. The van der Waals surface area contributed by atoms with E-state index in [1.807, 2.05) is 0 Å². The summed E-state index contributed by atoms with van der Waals surface area (Å²) in [6.07, 6.45) is 0.105. The van der Waals surface area contributed by atoms with Gasteiger partial charge in [0.15, 0.2) is 0 Å². The second-order valence-electron chi connectivity index (χ2n) is 4.36. The third-order valence-electron chi connectivity index (χ3n) is 3.02. The summed E-state index contributed by atoms with van der Waals surface area (Å²) >= 11 is 0. The molecule has 0 spiro atoms. The van der Waals surface area contributed by atoms with Crippen molar-refractivity contribution in [3.63, 3.8) is 0 Å². The van der Waals surface area contributed by atoms with Crippen LogP contribution < -0.4 is 5.32 Å². The maximum absolute atomic E-state index is 12.0. The second kappa shape index (κ2) is 5.71. The summed E-state index contributed by atoms with van der Waals surface area (Å²) < 4.78 is 4.66. The Morgan fingerprint density at radius 2 is 2.16 bits per heavy atom. The number of methoxy groups -OCH3 is 1. The SMILES string of the molecule is COC(=O)c1ccccc1NC(=O)N1CC[C@@H](O)C1. The first-order valence-corrected chi connectivity index (χ1v) is 6.03. The van der Waals surface area contributed by atoms with Crippen LogP contribution in [0.25, 0.3) is 0 Å². The van der Waals surface area contributed by atoms with Crippen molar-refractivity contribution in [2.75, 3.05) is 25.5 Å². The largest absolute Gasteiger partial charge is 0.465 e. The van der Waals surface area contributed by atoms with Gasteiger partial charge in [-0.05, 0) is 18.6 Å². The Bertz CT molecular complexity index is 489. The third kappa shape index (κ3) is 3.03. The fourth-order valence-electron chi connectivity index (χ4n) is 2.00. The van der Waals surface area contributed by atoms with Gasteiger partial charge in [-0.3, -0.25) is 0 Å². The van der Waals surface area contributed by atoms with E-state index in [4.69, 9.17) is 0 Å². The number of aliphatic hydroxyl groups excluding tert-OH is 1. The molecule has 0 bridgehead atoms. The number of hydrogen-bond donors (Lipinski definition) is 2. The minimum absolute atomic E-state index is 0.304. The highest BCUT2D eigenvalue weighted by atomic mass is 16.5. The molecule has 102 valence electrons. The molecular formula is C13H16N2O4. The van der Waals surface area contributed by atoms with E-state index in [1.54, 1.807) is 24.3 Å². The van der Waals surface area contributed by atoms with Crippen LogP contribution in [0.2, 0.25) is 0 Å². The molecule has 0 aliphatic carbocycles. The first-order valence-electron chi connectivity index (χ1n) is 6.03. The fourth-order valence-corrected chi connectivity index (χ4v) is 2.00. The highest BCUT2D eigenvalue weighted by molar-refractivity contribution is 6.00. The molecule has 0 saturated carbocycles. The first kappa shape index (κ1) is 13.4. The van der Waals surface area contributed by atoms with Gasteiger partial charge in [0.25, 0.3) is 0 Å². The van der Waals surface area contributed by atoms with Gasteiger partial charge in [-0.15, -0.1) is 0 Å². The van der Waals surface area contributed by atoms with Crippen molar-refractivity contribution in [2.45, 2.75) is 12.5 Å². The zero-order chi connectivity index (χ0) is 13.8. The van der Waals surface area contributed by atoms with Crippen molar-refractivity contribution >= 4 is 17.7 Å². The molecule has 6 heteroatoms.